The normalized spacial score (nSPS) is 10.7. The summed E-state index contributed by atoms with van der Waals surface area (Å²) in [7, 11) is 0. The molecular formula is C26H24FN3O3. The number of nitrogens with one attached hydrogen (secondary N) is 3. The van der Waals surface area contributed by atoms with Crippen LogP contribution in [0, 0.1) is 12.7 Å². The highest BCUT2D eigenvalue weighted by Crippen LogP contribution is 2.31. The highest BCUT2D eigenvalue weighted by molar-refractivity contribution is 5.91. The number of carbonyl (C=O) groups excluding carboxylic acids is 2. The number of ether oxygens (including phenoxy) is 1. The van der Waals surface area contributed by atoms with Gasteiger partial charge in [0.25, 0.3) is 5.91 Å². The molecular weight excluding hydrogens is 421 g/mol. The molecule has 4 aromatic rings. The van der Waals surface area contributed by atoms with Crippen LogP contribution in [0.5, 0.6) is 5.75 Å². The van der Waals surface area contributed by atoms with Gasteiger partial charge in [-0.15, -0.1) is 0 Å². The van der Waals surface area contributed by atoms with E-state index in [1.165, 1.54) is 12.1 Å². The number of aromatic nitrogens is 1. The van der Waals surface area contributed by atoms with Gasteiger partial charge < -0.3 is 9.72 Å². The van der Waals surface area contributed by atoms with Crippen molar-refractivity contribution in [3.63, 3.8) is 0 Å². The van der Waals surface area contributed by atoms with Gasteiger partial charge in [-0.2, -0.15) is 0 Å². The Morgan fingerprint density at radius 1 is 0.939 bits per heavy atom. The van der Waals surface area contributed by atoms with Gasteiger partial charge in [0.2, 0.25) is 5.91 Å². The van der Waals surface area contributed by atoms with Crippen LogP contribution < -0.4 is 15.6 Å². The zero-order valence-electron chi connectivity index (χ0n) is 18.2. The largest absolute Gasteiger partial charge is 0.484 e. The van der Waals surface area contributed by atoms with E-state index in [0.29, 0.717) is 12.2 Å². The van der Waals surface area contributed by atoms with Crippen molar-refractivity contribution >= 4 is 22.7 Å². The fourth-order valence-electron chi connectivity index (χ4n) is 3.65. The summed E-state index contributed by atoms with van der Waals surface area (Å²) in [6.45, 7) is 1.73. The Labute approximate surface area is 190 Å². The second kappa shape index (κ2) is 9.99. The van der Waals surface area contributed by atoms with Crippen molar-refractivity contribution in [2.45, 2.75) is 19.8 Å². The number of aryl methyl sites for hydroxylation is 2. The monoisotopic (exact) mass is 445 g/mol. The van der Waals surface area contributed by atoms with E-state index in [2.05, 4.69) is 15.8 Å². The Morgan fingerprint density at radius 3 is 2.48 bits per heavy atom. The van der Waals surface area contributed by atoms with Crippen molar-refractivity contribution in [2.24, 2.45) is 0 Å². The standard InChI is InChI=1S/C26H24FN3O3/c1-17-5-4-6-20(15-17)33-16-25(32)30-29-24(31)14-13-22-21-7-2-3-8-23(21)28-26(22)18-9-11-19(27)12-10-18/h2-12,15,28H,13-14,16H2,1H3,(H,29,31)(H,30,32). The molecule has 0 unspecified atom stereocenters. The molecule has 0 bridgehead atoms. The van der Waals surface area contributed by atoms with Gasteiger partial charge >= 0.3 is 0 Å². The summed E-state index contributed by atoms with van der Waals surface area (Å²) in [6.07, 6.45) is 0.604. The molecule has 0 saturated heterocycles. The summed E-state index contributed by atoms with van der Waals surface area (Å²) in [6, 6.07) is 21.4. The number of halogens is 1. The number of para-hydroxylation sites is 1. The SMILES string of the molecule is Cc1cccc(OCC(=O)NNC(=O)CCc2c(-c3ccc(F)cc3)[nH]c3ccccc23)c1. The molecule has 0 atom stereocenters. The number of fused-ring (bicyclic) bond motifs is 1. The molecule has 0 spiro atoms. The van der Waals surface area contributed by atoms with Crippen LogP contribution in [0.4, 0.5) is 4.39 Å². The molecule has 6 nitrogen and oxygen atoms in total. The van der Waals surface area contributed by atoms with E-state index in [-0.39, 0.29) is 24.8 Å². The highest BCUT2D eigenvalue weighted by atomic mass is 19.1. The molecule has 1 heterocycles. The van der Waals surface area contributed by atoms with Crippen LogP contribution in [0.2, 0.25) is 0 Å². The number of hydrogen-bond acceptors (Lipinski definition) is 3. The van der Waals surface area contributed by atoms with Gasteiger partial charge in [0.1, 0.15) is 11.6 Å². The lowest BCUT2D eigenvalue weighted by Crippen LogP contribution is -2.43. The van der Waals surface area contributed by atoms with Gasteiger partial charge in [0, 0.05) is 23.0 Å². The zero-order chi connectivity index (χ0) is 23.2. The Balaban J connectivity index is 1.36. The number of hydrazine groups is 1. The number of aromatic amines is 1. The summed E-state index contributed by atoms with van der Waals surface area (Å²) >= 11 is 0. The molecule has 168 valence electrons. The fraction of sp³-hybridized carbons (Fsp3) is 0.154. The van der Waals surface area contributed by atoms with Crippen molar-refractivity contribution in [3.05, 3.63) is 89.7 Å². The van der Waals surface area contributed by atoms with Crippen molar-refractivity contribution in [1.29, 1.82) is 0 Å². The minimum atomic E-state index is -0.455. The lowest BCUT2D eigenvalue weighted by atomic mass is 10.0. The minimum Gasteiger partial charge on any atom is -0.484 e. The van der Waals surface area contributed by atoms with E-state index in [0.717, 1.165) is 33.3 Å². The highest BCUT2D eigenvalue weighted by Gasteiger charge is 2.15. The maximum atomic E-state index is 13.4. The average molecular weight is 445 g/mol. The van der Waals surface area contributed by atoms with Crippen molar-refractivity contribution in [2.75, 3.05) is 6.61 Å². The first kappa shape index (κ1) is 22.1. The third kappa shape index (κ3) is 5.57. The van der Waals surface area contributed by atoms with Crippen LogP contribution in [0.3, 0.4) is 0 Å². The van der Waals surface area contributed by atoms with E-state index >= 15 is 0 Å². The summed E-state index contributed by atoms with van der Waals surface area (Å²) in [5.74, 6) is -0.500. The van der Waals surface area contributed by atoms with Crippen LogP contribution in [0.15, 0.2) is 72.8 Å². The molecule has 3 aromatic carbocycles. The Hall–Kier alpha value is -4.13. The zero-order valence-corrected chi connectivity index (χ0v) is 18.2. The van der Waals surface area contributed by atoms with Gasteiger partial charge in [-0.05, 0) is 72.5 Å². The summed E-state index contributed by atoms with van der Waals surface area (Å²) in [5, 5.41) is 1.00. The van der Waals surface area contributed by atoms with Crippen LogP contribution in [0.25, 0.3) is 22.2 Å². The van der Waals surface area contributed by atoms with Crippen molar-refractivity contribution < 1.29 is 18.7 Å². The molecule has 1 aromatic heterocycles. The summed E-state index contributed by atoms with van der Waals surface area (Å²) in [5.41, 5.74) is 9.41. The first-order valence-electron chi connectivity index (χ1n) is 10.6. The molecule has 0 radical (unpaired) electrons. The maximum Gasteiger partial charge on any atom is 0.276 e. The predicted octanol–water partition coefficient (Wildman–Crippen LogP) is 4.44. The van der Waals surface area contributed by atoms with E-state index in [9.17, 15) is 14.0 Å². The van der Waals surface area contributed by atoms with Crippen LogP contribution in [-0.2, 0) is 16.0 Å². The number of carbonyl (C=O) groups is 2. The molecule has 0 fully saturated rings. The third-order valence-corrected chi connectivity index (χ3v) is 5.25. The number of rotatable bonds is 7. The van der Waals surface area contributed by atoms with Crippen molar-refractivity contribution in [3.8, 4) is 17.0 Å². The van der Waals surface area contributed by atoms with Gasteiger partial charge in [-0.25, -0.2) is 4.39 Å². The van der Waals surface area contributed by atoms with E-state index < -0.39 is 5.91 Å². The molecule has 4 rings (SSSR count). The molecule has 3 N–H and O–H groups in total. The fourth-order valence-corrected chi connectivity index (χ4v) is 3.65. The molecule has 33 heavy (non-hydrogen) atoms. The second-order valence-electron chi connectivity index (χ2n) is 7.73. The third-order valence-electron chi connectivity index (χ3n) is 5.25. The second-order valence-corrected chi connectivity index (χ2v) is 7.73. The number of amides is 2. The first-order valence-corrected chi connectivity index (χ1v) is 10.6. The molecule has 7 heteroatoms. The molecule has 0 aliphatic heterocycles. The number of hydrogen-bond donors (Lipinski definition) is 3. The number of H-pyrrole nitrogens is 1. The van der Waals surface area contributed by atoms with Gasteiger partial charge in [-0.1, -0.05) is 30.3 Å². The van der Waals surface area contributed by atoms with Gasteiger partial charge in [-0.3, -0.25) is 20.4 Å². The van der Waals surface area contributed by atoms with Crippen LogP contribution in [0.1, 0.15) is 17.5 Å². The smallest absolute Gasteiger partial charge is 0.276 e. The van der Waals surface area contributed by atoms with Crippen LogP contribution in [-0.4, -0.2) is 23.4 Å². The molecule has 0 aliphatic rings. The lowest BCUT2D eigenvalue weighted by molar-refractivity contribution is -0.130. The Kier molecular flexibility index (Phi) is 6.69. The molecule has 0 aliphatic carbocycles. The average Bonchev–Trinajstić information content (AvgIpc) is 3.19. The maximum absolute atomic E-state index is 13.4. The quantitative estimate of drug-likeness (QED) is 0.368. The minimum absolute atomic E-state index is 0.162. The predicted molar refractivity (Wildman–Crippen MR) is 125 cm³/mol. The number of benzene rings is 3. The topological polar surface area (TPSA) is 83.2 Å². The molecule has 0 saturated carbocycles. The van der Waals surface area contributed by atoms with Gasteiger partial charge in [0.05, 0.1) is 0 Å². The van der Waals surface area contributed by atoms with E-state index in [1.54, 1.807) is 18.2 Å². The summed E-state index contributed by atoms with van der Waals surface area (Å²) in [4.78, 5) is 27.7. The van der Waals surface area contributed by atoms with Crippen LogP contribution >= 0.6 is 0 Å². The Morgan fingerprint density at radius 2 is 1.70 bits per heavy atom. The van der Waals surface area contributed by atoms with Gasteiger partial charge in [0.15, 0.2) is 6.61 Å². The van der Waals surface area contributed by atoms with E-state index in [1.807, 2.05) is 49.4 Å². The van der Waals surface area contributed by atoms with Crippen molar-refractivity contribution in [1.82, 2.24) is 15.8 Å². The lowest BCUT2D eigenvalue weighted by Gasteiger charge is -2.10. The van der Waals surface area contributed by atoms with E-state index in [4.69, 9.17) is 4.74 Å². The first-order chi connectivity index (χ1) is 16.0. The summed E-state index contributed by atoms with van der Waals surface area (Å²) < 4.78 is 18.8. The molecule has 2 amide bonds. The Bertz CT molecular complexity index is 1280.